The average Bonchev–Trinajstić information content (AvgIpc) is 2.63. The standard InChI is InChI=1S/C19H20ClF3N4O/c1-26-5-7-27(8-6-26)12-13-9-14(19(21,22)23)11-15(10-13)25-18(28)16-3-2-4-24-17(16)20/h2-4,9-11H,5-8,12H2,1H3,(H,25,28). The van der Waals surface area contributed by atoms with E-state index in [1.807, 2.05) is 7.05 Å². The number of aromatic nitrogens is 1. The molecule has 28 heavy (non-hydrogen) atoms. The molecule has 0 unspecified atom stereocenters. The number of halogens is 4. The van der Waals surface area contributed by atoms with Crippen molar-refractivity contribution in [3.05, 3.63) is 58.4 Å². The largest absolute Gasteiger partial charge is 0.416 e. The molecule has 1 amide bonds. The summed E-state index contributed by atoms with van der Waals surface area (Å²) in [6.07, 6.45) is -3.08. The zero-order valence-corrected chi connectivity index (χ0v) is 16.0. The monoisotopic (exact) mass is 412 g/mol. The summed E-state index contributed by atoms with van der Waals surface area (Å²) >= 11 is 5.90. The minimum absolute atomic E-state index is 0.00960. The number of alkyl halides is 3. The number of anilines is 1. The predicted octanol–water partition coefficient (Wildman–Crippen LogP) is 3.75. The molecule has 0 aliphatic carbocycles. The van der Waals surface area contributed by atoms with Gasteiger partial charge in [-0.2, -0.15) is 13.2 Å². The van der Waals surface area contributed by atoms with E-state index in [2.05, 4.69) is 20.1 Å². The highest BCUT2D eigenvalue weighted by molar-refractivity contribution is 6.33. The molecule has 5 nitrogen and oxygen atoms in total. The SMILES string of the molecule is CN1CCN(Cc2cc(NC(=O)c3cccnc3Cl)cc(C(F)(F)F)c2)CC1. The Hall–Kier alpha value is -2.16. The molecule has 150 valence electrons. The van der Waals surface area contributed by atoms with Gasteiger partial charge in [0.2, 0.25) is 0 Å². The van der Waals surface area contributed by atoms with Crippen molar-refractivity contribution in [3.8, 4) is 0 Å². The van der Waals surface area contributed by atoms with Crippen LogP contribution in [0.15, 0.2) is 36.5 Å². The summed E-state index contributed by atoms with van der Waals surface area (Å²) in [4.78, 5) is 20.5. The van der Waals surface area contributed by atoms with Crippen molar-refractivity contribution in [2.75, 3.05) is 38.5 Å². The van der Waals surface area contributed by atoms with Crippen molar-refractivity contribution in [1.82, 2.24) is 14.8 Å². The van der Waals surface area contributed by atoms with E-state index in [9.17, 15) is 18.0 Å². The van der Waals surface area contributed by atoms with Crippen molar-refractivity contribution in [1.29, 1.82) is 0 Å². The third-order valence-electron chi connectivity index (χ3n) is 4.58. The lowest BCUT2D eigenvalue weighted by molar-refractivity contribution is -0.137. The highest BCUT2D eigenvalue weighted by Gasteiger charge is 2.31. The molecule has 2 aromatic rings. The molecule has 2 heterocycles. The maximum Gasteiger partial charge on any atom is 0.416 e. The van der Waals surface area contributed by atoms with Crippen molar-refractivity contribution >= 4 is 23.2 Å². The van der Waals surface area contributed by atoms with Crippen LogP contribution in [-0.4, -0.2) is 53.9 Å². The van der Waals surface area contributed by atoms with Gasteiger partial charge in [0.1, 0.15) is 5.15 Å². The van der Waals surface area contributed by atoms with E-state index in [0.717, 1.165) is 38.3 Å². The first kappa shape index (κ1) is 20.6. The first-order valence-corrected chi connectivity index (χ1v) is 9.14. The number of amides is 1. The Labute approximate surface area is 166 Å². The molecular weight excluding hydrogens is 393 g/mol. The molecule has 1 saturated heterocycles. The number of pyridine rings is 1. The Morgan fingerprint density at radius 1 is 1.21 bits per heavy atom. The third kappa shape index (κ3) is 5.21. The number of carbonyl (C=O) groups excluding carboxylic acids is 1. The number of carbonyl (C=O) groups is 1. The van der Waals surface area contributed by atoms with Crippen molar-refractivity contribution in [2.24, 2.45) is 0 Å². The molecule has 1 aromatic carbocycles. The fraction of sp³-hybridized carbons (Fsp3) is 0.368. The lowest BCUT2D eigenvalue weighted by Gasteiger charge is -2.32. The molecule has 1 aromatic heterocycles. The van der Waals surface area contributed by atoms with Gasteiger partial charge in [-0.15, -0.1) is 0 Å². The Morgan fingerprint density at radius 3 is 2.57 bits per heavy atom. The van der Waals surface area contributed by atoms with Crippen LogP contribution in [0.25, 0.3) is 0 Å². The van der Waals surface area contributed by atoms with E-state index in [4.69, 9.17) is 11.6 Å². The van der Waals surface area contributed by atoms with Crippen LogP contribution < -0.4 is 5.32 Å². The smallest absolute Gasteiger partial charge is 0.322 e. The maximum atomic E-state index is 13.3. The van der Waals surface area contributed by atoms with E-state index >= 15 is 0 Å². The lowest BCUT2D eigenvalue weighted by Crippen LogP contribution is -2.43. The second-order valence-electron chi connectivity index (χ2n) is 6.79. The summed E-state index contributed by atoms with van der Waals surface area (Å²) in [7, 11) is 2.01. The summed E-state index contributed by atoms with van der Waals surface area (Å²) in [6.45, 7) is 3.66. The van der Waals surface area contributed by atoms with Crippen LogP contribution in [-0.2, 0) is 12.7 Å². The molecule has 1 aliphatic heterocycles. The van der Waals surface area contributed by atoms with Crippen molar-refractivity contribution < 1.29 is 18.0 Å². The van der Waals surface area contributed by atoms with Gasteiger partial charge in [-0.25, -0.2) is 4.98 Å². The Morgan fingerprint density at radius 2 is 1.93 bits per heavy atom. The van der Waals surface area contributed by atoms with Crippen LogP contribution in [0.3, 0.4) is 0 Å². The highest BCUT2D eigenvalue weighted by atomic mass is 35.5. The normalized spacial score (nSPS) is 16.2. The Balaban J connectivity index is 1.83. The van der Waals surface area contributed by atoms with Crippen molar-refractivity contribution in [2.45, 2.75) is 12.7 Å². The number of rotatable bonds is 4. The molecule has 1 aliphatic rings. The molecule has 3 rings (SSSR count). The van der Waals surface area contributed by atoms with E-state index in [1.54, 1.807) is 6.07 Å². The second-order valence-corrected chi connectivity index (χ2v) is 7.15. The Kier molecular flexibility index (Phi) is 6.22. The summed E-state index contributed by atoms with van der Waals surface area (Å²) < 4.78 is 40.0. The van der Waals surface area contributed by atoms with Crippen LogP contribution in [0.2, 0.25) is 5.15 Å². The van der Waals surface area contributed by atoms with Gasteiger partial charge in [-0.1, -0.05) is 11.6 Å². The average molecular weight is 413 g/mol. The van der Waals surface area contributed by atoms with Gasteiger partial charge in [-0.3, -0.25) is 9.69 Å². The van der Waals surface area contributed by atoms with E-state index in [1.165, 1.54) is 18.3 Å². The van der Waals surface area contributed by atoms with Crippen LogP contribution >= 0.6 is 11.6 Å². The first-order chi connectivity index (χ1) is 13.2. The topological polar surface area (TPSA) is 48.5 Å². The minimum Gasteiger partial charge on any atom is -0.322 e. The summed E-state index contributed by atoms with van der Waals surface area (Å²) in [5.74, 6) is -0.608. The first-order valence-electron chi connectivity index (χ1n) is 8.76. The third-order valence-corrected chi connectivity index (χ3v) is 4.88. The molecule has 0 saturated carbocycles. The van der Waals surface area contributed by atoms with Gasteiger partial charge >= 0.3 is 6.18 Å². The Bertz CT molecular complexity index is 851. The predicted molar refractivity (Wildman–Crippen MR) is 101 cm³/mol. The maximum absolute atomic E-state index is 13.3. The number of nitrogens with one attached hydrogen (secondary N) is 1. The second kappa shape index (κ2) is 8.46. The van der Waals surface area contributed by atoms with Crippen LogP contribution in [0.4, 0.5) is 18.9 Å². The van der Waals surface area contributed by atoms with E-state index in [-0.39, 0.29) is 16.4 Å². The highest BCUT2D eigenvalue weighted by Crippen LogP contribution is 2.32. The van der Waals surface area contributed by atoms with Gasteiger partial charge < -0.3 is 10.2 Å². The molecule has 9 heteroatoms. The van der Waals surface area contributed by atoms with Gasteiger partial charge in [-0.05, 0) is 42.9 Å². The molecular formula is C19H20ClF3N4O. The molecule has 0 spiro atoms. The molecule has 0 atom stereocenters. The summed E-state index contributed by atoms with van der Waals surface area (Å²) in [5, 5.41) is 2.50. The van der Waals surface area contributed by atoms with Crippen LogP contribution in [0.5, 0.6) is 0 Å². The molecule has 1 N–H and O–H groups in total. The summed E-state index contributed by atoms with van der Waals surface area (Å²) in [5.41, 5.74) is -0.134. The number of nitrogens with zero attached hydrogens (tertiary/aromatic N) is 3. The number of hydrogen-bond donors (Lipinski definition) is 1. The van der Waals surface area contributed by atoms with Gasteiger partial charge in [0.25, 0.3) is 5.91 Å². The lowest BCUT2D eigenvalue weighted by atomic mass is 10.1. The zero-order chi connectivity index (χ0) is 20.3. The van der Waals surface area contributed by atoms with Gasteiger partial charge in [0, 0.05) is 44.6 Å². The molecule has 0 bridgehead atoms. The van der Waals surface area contributed by atoms with Crippen LogP contribution in [0, 0.1) is 0 Å². The quantitative estimate of drug-likeness (QED) is 0.777. The van der Waals surface area contributed by atoms with Gasteiger partial charge in [0.05, 0.1) is 11.1 Å². The van der Waals surface area contributed by atoms with Gasteiger partial charge in [0.15, 0.2) is 0 Å². The number of piperazine rings is 1. The molecule has 1 fully saturated rings. The summed E-state index contributed by atoms with van der Waals surface area (Å²) in [6, 6.07) is 6.62. The zero-order valence-electron chi connectivity index (χ0n) is 15.3. The molecule has 0 radical (unpaired) electrons. The number of likely N-dealkylation sites (N-methyl/N-ethyl adjacent to an activating group) is 1. The minimum atomic E-state index is -4.51. The fourth-order valence-corrected chi connectivity index (χ4v) is 3.24. The van der Waals surface area contributed by atoms with Crippen molar-refractivity contribution in [3.63, 3.8) is 0 Å². The fourth-order valence-electron chi connectivity index (χ4n) is 3.04. The van der Waals surface area contributed by atoms with E-state index < -0.39 is 17.6 Å². The number of hydrogen-bond acceptors (Lipinski definition) is 4. The number of benzene rings is 1. The van der Waals surface area contributed by atoms with Crippen LogP contribution in [0.1, 0.15) is 21.5 Å². The van der Waals surface area contributed by atoms with E-state index in [0.29, 0.717) is 12.1 Å².